The van der Waals surface area contributed by atoms with Crippen molar-refractivity contribution < 1.29 is 14.6 Å². The Morgan fingerprint density at radius 3 is 2.83 bits per heavy atom. The first-order valence-electron chi connectivity index (χ1n) is 8.44. The van der Waals surface area contributed by atoms with Gasteiger partial charge in [0.15, 0.2) is 0 Å². The van der Waals surface area contributed by atoms with Crippen LogP contribution in [0.5, 0.6) is 0 Å². The largest absolute Gasteiger partial charge is 0.388 e. The molecule has 1 fully saturated rings. The topological polar surface area (TPSA) is 61.8 Å². The van der Waals surface area contributed by atoms with Crippen molar-refractivity contribution in [3.8, 4) is 0 Å². The molecule has 2 N–H and O–H groups in total. The molecular weight excluding hydrogens is 292 g/mol. The van der Waals surface area contributed by atoms with Gasteiger partial charge in [-0.1, -0.05) is 37.3 Å². The monoisotopic (exact) mass is 320 g/mol. The van der Waals surface area contributed by atoms with Crippen LogP contribution in [0.25, 0.3) is 0 Å². The quantitative estimate of drug-likeness (QED) is 0.812. The van der Waals surface area contributed by atoms with Gasteiger partial charge >= 0.3 is 6.03 Å². The van der Waals surface area contributed by atoms with Crippen LogP contribution in [0.1, 0.15) is 44.3 Å². The Morgan fingerprint density at radius 1 is 1.43 bits per heavy atom. The van der Waals surface area contributed by atoms with Gasteiger partial charge in [0.1, 0.15) is 0 Å². The zero-order valence-electron chi connectivity index (χ0n) is 14.1. The van der Waals surface area contributed by atoms with Crippen molar-refractivity contribution in [2.24, 2.45) is 0 Å². The number of carbonyl (C=O) groups excluding carboxylic acids is 1. The molecule has 3 unspecified atom stereocenters. The number of urea groups is 1. The zero-order valence-corrected chi connectivity index (χ0v) is 14.1. The molecule has 128 valence electrons. The lowest BCUT2D eigenvalue weighted by atomic mass is 10.0. The second kappa shape index (κ2) is 8.89. The van der Waals surface area contributed by atoms with Crippen molar-refractivity contribution >= 4 is 6.03 Å². The van der Waals surface area contributed by atoms with Crippen LogP contribution in [0.3, 0.4) is 0 Å². The molecule has 1 saturated heterocycles. The Labute approximate surface area is 138 Å². The Bertz CT molecular complexity index is 480. The lowest BCUT2D eigenvalue weighted by molar-refractivity contribution is 0.120. The Hall–Kier alpha value is -1.59. The molecule has 23 heavy (non-hydrogen) atoms. The minimum Gasteiger partial charge on any atom is -0.388 e. The van der Waals surface area contributed by atoms with E-state index in [1.165, 1.54) is 0 Å². The summed E-state index contributed by atoms with van der Waals surface area (Å²) in [4.78, 5) is 14.4. The number of ether oxygens (including phenoxy) is 1. The third kappa shape index (κ3) is 4.94. The van der Waals surface area contributed by atoms with E-state index >= 15 is 0 Å². The number of rotatable bonds is 7. The molecular formula is C18H28N2O3. The van der Waals surface area contributed by atoms with Crippen LogP contribution in [0.15, 0.2) is 30.3 Å². The summed E-state index contributed by atoms with van der Waals surface area (Å²) in [6.07, 6.45) is 2.82. The molecule has 0 spiro atoms. The lowest BCUT2D eigenvalue weighted by Gasteiger charge is -2.28. The standard InChI is InChI=1S/C18H28N2O3/c1-3-15(13-23-2)19-18(22)20-11-7-10-16(20)12-17(21)14-8-5-4-6-9-14/h4-6,8-9,15-17,21H,3,7,10-13H2,1-2H3,(H,19,22). The number of amides is 2. The molecule has 0 aromatic heterocycles. The van der Waals surface area contributed by atoms with Crippen molar-refractivity contribution in [2.45, 2.75) is 50.8 Å². The summed E-state index contributed by atoms with van der Waals surface area (Å²) in [5, 5.41) is 13.4. The van der Waals surface area contributed by atoms with E-state index in [1.54, 1.807) is 7.11 Å². The van der Waals surface area contributed by atoms with E-state index in [1.807, 2.05) is 42.2 Å². The van der Waals surface area contributed by atoms with E-state index in [4.69, 9.17) is 4.74 Å². The van der Waals surface area contributed by atoms with Gasteiger partial charge in [0.2, 0.25) is 0 Å². The first-order valence-corrected chi connectivity index (χ1v) is 8.44. The Kier molecular flexibility index (Phi) is 6.86. The van der Waals surface area contributed by atoms with E-state index in [9.17, 15) is 9.90 Å². The average molecular weight is 320 g/mol. The fourth-order valence-electron chi connectivity index (χ4n) is 3.14. The van der Waals surface area contributed by atoms with Gasteiger partial charge in [0.25, 0.3) is 0 Å². The van der Waals surface area contributed by atoms with E-state index in [0.29, 0.717) is 13.0 Å². The normalized spacial score (nSPS) is 20.3. The highest BCUT2D eigenvalue weighted by Crippen LogP contribution is 2.27. The third-order valence-electron chi connectivity index (χ3n) is 4.51. The molecule has 0 saturated carbocycles. The van der Waals surface area contributed by atoms with Gasteiger partial charge in [-0.25, -0.2) is 4.79 Å². The van der Waals surface area contributed by atoms with Gasteiger partial charge in [-0.2, -0.15) is 0 Å². The maximum absolute atomic E-state index is 12.5. The van der Waals surface area contributed by atoms with Gasteiger partial charge in [-0.3, -0.25) is 0 Å². The molecule has 5 nitrogen and oxygen atoms in total. The molecule has 3 atom stereocenters. The van der Waals surface area contributed by atoms with Crippen molar-refractivity contribution in [1.82, 2.24) is 10.2 Å². The van der Waals surface area contributed by atoms with Crippen LogP contribution in [-0.4, -0.2) is 48.4 Å². The molecule has 2 amide bonds. The fourth-order valence-corrected chi connectivity index (χ4v) is 3.14. The van der Waals surface area contributed by atoms with Crippen molar-refractivity contribution in [2.75, 3.05) is 20.3 Å². The first kappa shape index (κ1) is 17.8. The predicted molar refractivity (Wildman–Crippen MR) is 90.2 cm³/mol. The number of hydrogen-bond donors (Lipinski definition) is 2. The van der Waals surface area contributed by atoms with Crippen LogP contribution >= 0.6 is 0 Å². The summed E-state index contributed by atoms with van der Waals surface area (Å²) in [6.45, 7) is 3.30. The SMILES string of the molecule is CCC(COC)NC(=O)N1CCCC1CC(O)c1ccccc1. The van der Waals surface area contributed by atoms with Crippen LogP contribution < -0.4 is 5.32 Å². The van der Waals surface area contributed by atoms with Gasteiger partial charge in [-0.15, -0.1) is 0 Å². The average Bonchev–Trinajstić information content (AvgIpc) is 3.03. The molecule has 1 aliphatic heterocycles. The molecule has 1 aromatic carbocycles. The van der Waals surface area contributed by atoms with Crippen molar-refractivity contribution in [3.05, 3.63) is 35.9 Å². The maximum atomic E-state index is 12.5. The molecule has 1 aromatic rings. The van der Waals surface area contributed by atoms with Crippen LogP contribution in [0.4, 0.5) is 4.79 Å². The number of aliphatic hydroxyl groups is 1. The molecule has 0 aliphatic carbocycles. The zero-order chi connectivity index (χ0) is 16.7. The molecule has 0 bridgehead atoms. The van der Waals surface area contributed by atoms with Crippen LogP contribution in [0, 0.1) is 0 Å². The van der Waals surface area contributed by atoms with Crippen LogP contribution in [-0.2, 0) is 4.74 Å². The number of hydrogen-bond acceptors (Lipinski definition) is 3. The number of benzene rings is 1. The Balaban J connectivity index is 1.93. The smallest absolute Gasteiger partial charge is 0.317 e. The minimum atomic E-state index is -0.532. The third-order valence-corrected chi connectivity index (χ3v) is 4.51. The van der Waals surface area contributed by atoms with E-state index in [0.717, 1.165) is 31.4 Å². The second-order valence-electron chi connectivity index (χ2n) is 6.16. The molecule has 1 heterocycles. The molecule has 1 aliphatic rings. The van der Waals surface area contributed by atoms with Gasteiger partial charge < -0.3 is 20.1 Å². The molecule has 5 heteroatoms. The van der Waals surface area contributed by atoms with Crippen molar-refractivity contribution in [3.63, 3.8) is 0 Å². The lowest BCUT2D eigenvalue weighted by Crippen LogP contribution is -2.48. The molecule has 0 radical (unpaired) electrons. The summed E-state index contributed by atoms with van der Waals surface area (Å²) in [6, 6.07) is 9.72. The minimum absolute atomic E-state index is 0.0350. The number of nitrogens with zero attached hydrogens (tertiary/aromatic N) is 1. The van der Waals surface area contributed by atoms with Gasteiger partial charge in [0, 0.05) is 19.7 Å². The fraction of sp³-hybridized carbons (Fsp3) is 0.611. The van der Waals surface area contributed by atoms with E-state index in [-0.39, 0.29) is 18.1 Å². The summed E-state index contributed by atoms with van der Waals surface area (Å²) in [7, 11) is 1.64. The number of nitrogens with one attached hydrogen (secondary N) is 1. The summed E-state index contributed by atoms with van der Waals surface area (Å²) in [5.74, 6) is 0. The highest BCUT2D eigenvalue weighted by molar-refractivity contribution is 5.75. The number of methoxy groups -OCH3 is 1. The predicted octanol–water partition coefficient (Wildman–Crippen LogP) is 2.71. The number of aliphatic hydroxyl groups excluding tert-OH is 1. The number of likely N-dealkylation sites (tertiary alicyclic amines) is 1. The van der Waals surface area contributed by atoms with Crippen LogP contribution in [0.2, 0.25) is 0 Å². The van der Waals surface area contributed by atoms with Gasteiger partial charge in [0.05, 0.1) is 18.8 Å². The maximum Gasteiger partial charge on any atom is 0.317 e. The number of carbonyl (C=O) groups is 1. The highest BCUT2D eigenvalue weighted by atomic mass is 16.5. The van der Waals surface area contributed by atoms with E-state index < -0.39 is 6.10 Å². The van der Waals surface area contributed by atoms with E-state index in [2.05, 4.69) is 5.32 Å². The second-order valence-corrected chi connectivity index (χ2v) is 6.16. The van der Waals surface area contributed by atoms with Gasteiger partial charge in [-0.05, 0) is 31.2 Å². The highest BCUT2D eigenvalue weighted by Gasteiger charge is 2.31. The summed E-state index contributed by atoms with van der Waals surface area (Å²) >= 11 is 0. The summed E-state index contributed by atoms with van der Waals surface area (Å²) < 4.78 is 5.13. The Morgan fingerprint density at radius 2 is 2.17 bits per heavy atom. The van der Waals surface area contributed by atoms with Crippen molar-refractivity contribution in [1.29, 1.82) is 0 Å². The molecule has 2 rings (SSSR count). The first-order chi connectivity index (χ1) is 11.2. The summed E-state index contributed by atoms with van der Waals surface area (Å²) in [5.41, 5.74) is 0.908.